The molecule has 0 amide bonds. The molecule has 0 aliphatic carbocycles. The largest absolute Gasteiger partial charge is 0.497 e. The van der Waals surface area contributed by atoms with E-state index in [0.29, 0.717) is 5.69 Å². The Balaban J connectivity index is 2.84. The zero-order chi connectivity index (χ0) is 8.72. The summed E-state index contributed by atoms with van der Waals surface area (Å²) in [6, 6.07) is 0. The number of aromatic nitrogens is 2. The molecule has 3 nitrogen and oxygen atoms in total. The topological polar surface area (TPSA) is 37.5 Å². The number of hydrogen-bond donors (Lipinski definition) is 1. The highest BCUT2D eigenvalue weighted by molar-refractivity contribution is 7.80. The van der Waals surface area contributed by atoms with E-state index in [1.54, 1.807) is 4.40 Å². The van der Waals surface area contributed by atoms with Crippen molar-refractivity contribution < 1.29 is 5.11 Å². The average molecular weight is 198 g/mol. The van der Waals surface area contributed by atoms with Gasteiger partial charge in [-0.2, -0.15) is 0 Å². The quantitative estimate of drug-likeness (QED) is 0.711. The van der Waals surface area contributed by atoms with Gasteiger partial charge in [0.2, 0.25) is 5.05 Å². The number of hydrogen-bond acceptors (Lipinski definition) is 3. The first-order valence-electron chi connectivity index (χ1n) is 3.35. The van der Waals surface area contributed by atoms with Crippen LogP contribution in [0.3, 0.4) is 0 Å². The highest BCUT2D eigenvalue weighted by atomic mass is 32.1. The van der Waals surface area contributed by atoms with Crippen LogP contribution in [0.1, 0.15) is 11.4 Å². The average Bonchev–Trinajstić information content (AvgIpc) is 2.44. The number of aryl methyl sites for hydroxylation is 1. The van der Waals surface area contributed by atoms with E-state index in [4.69, 9.17) is 12.2 Å². The van der Waals surface area contributed by atoms with Gasteiger partial charge in [0.25, 0.3) is 0 Å². The highest BCUT2D eigenvalue weighted by Gasteiger charge is 2.12. The van der Waals surface area contributed by atoms with Crippen LogP contribution in [-0.2, 0) is 0 Å². The lowest BCUT2D eigenvalue weighted by Crippen LogP contribution is -2.00. The third-order valence-corrected chi connectivity index (χ3v) is 2.59. The molecule has 0 unspecified atom stereocenters. The van der Waals surface area contributed by atoms with Crippen molar-refractivity contribution in [2.45, 2.75) is 6.92 Å². The third-order valence-electron chi connectivity index (χ3n) is 1.64. The van der Waals surface area contributed by atoms with Crippen LogP contribution in [0.15, 0.2) is 11.6 Å². The van der Waals surface area contributed by atoms with E-state index in [1.807, 2.05) is 18.5 Å². The molecule has 0 bridgehead atoms. The standard InChI is InChI=1S/C7H6N2OS2/c1-4-5(6(10)11)9-2-3-12-7(9)8-4/h2-3H,1H3,(H,10,11). The molecule has 0 aliphatic rings. The number of imidazole rings is 1. The van der Waals surface area contributed by atoms with Crippen LogP contribution in [0.4, 0.5) is 0 Å². The van der Waals surface area contributed by atoms with Crippen molar-refractivity contribution >= 4 is 33.6 Å². The van der Waals surface area contributed by atoms with Crippen molar-refractivity contribution in [2.24, 2.45) is 0 Å². The summed E-state index contributed by atoms with van der Waals surface area (Å²) in [5.74, 6) is 0. The Bertz CT molecular complexity index is 443. The van der Waals surface area contributed by atoms with Crippen LogP contribution in [-0.4, -0.2) is 19.5 Å². The Labute approximate surface area is 78.3 Å². The molecule has 0 aromatic carbocycles. The molecule has 0 fully saturated rings. The first kappa shape index (κ1) is 7.70. The lowest BCUT2D eigenvalue weighted by atomic mass is 10.4. The lowest BCUT2D eigenvalue weighted by Gasteiger charge is -1.93. The smallest absolute Gasteiger partial charge is 0.208 e. The van der Waals surface area contributed by atoms with Crippen molar-refractivity contribution in [3.8, 4) is 0 Å². The van der Waals surface area contributed by atoms with E-state index in [2.05, 4.69) is 4.98 Å². The maximum atomic E-state index is 9.19. The molecule has 0 radical (unpaired) electrons. The number of thiocarbonyl (C=S) groups is 1. The van der Waals surface area contributed by atoms with Crippen molar-refractivity contribution in [3.05, 3.63) is 23.0 Å². The van der Waals surface area contributed by atoms with E-state index in [-0.39, 0.29) is 5.05 Å². The summed E-state index contributed by atoms with van der Waals surface area (Å²) in [6.45, 7) is 1.83. The summed E-state index contributed by atoms with van der Waals surface area (Å²) in [4.78, 5) is 5.09. The number of aliphatic hydroxyl groups excluding tert-OH is 1. The maximum absolute atomic E-state index is 9.19. The van der Waals surface area contributed by atoms with Crippen molar-refractivity contribution in [1.82, 2.24) is 9.38 Å². The SMILES string of the molecule is Cc1nc2sccn2c1C(O)=S. The Morgan fingerprint density at radius 2 is 2.50 bits per heavy atom. The Hall–Kier alpha value is -0.940. The number of nitrogens with zero attached hydrogens (tertiary/aromatic N) is 2. The normalized spacial score (nSPS) is 10.8. The second kappa shape index (κ2) is 2.53. The monoisotopic (exact) mass is 198 g/mol. The second-order valence-electron chi connectivity index (χ2n) is 2.41. The second-order valence-corrected chi connectivity index (χ2v) is 3.67. The van der Waals surface area contributed by atoms with Crippen molar-refractivity contribution in [1.29, 1.82) is 0 Å². The minimum atomic E-state index is -0.0987. The molecule has 0 atom stereocenters. The van der Waals surface area contributed by atoms with E-state index in [0.717, 1.165) is 10.7 Å². The van der Waals surface area contributed by atoms with Gasteiger partial charge in [-0.15, -0.1) is 11.3 Å². The summed E-state index contributed by atoms with van der Waals surface area (Å²) in [5, 5.41) is 11.0. The molecule has 2 heterocycles. The molecule has 2 aromatic heterocycles. The van der Waals surface area contributed by atoms with Crippen molar-refractivity contribution in [3.63, 3.8) is 0 Å². The molecule has 12 heavy (non-hydrogen) atoms. The minimum Gasteiger partial charge on any atom is -0.497 e. The Morgan fingerprint density at radius 1 is 1.75 bits per heavy atom. The molecule has 62 valence electrons. The highest BCUT2D eigenvalue weighted by Crippen LogP contribution is 2.16. The van der Waals surface area contributed by atoms with Gasteiger partial charge in [0.15, 0.2) is 4.96 Å². The number of aliphatic hydroxyl groups is 1. The van der Waals surface area contributed by atoms with Gasteiger partial charge in [0, 0.05) is 11.6 Å². The van der Waals surface area contributed by atoms with Gasteiger partial charge in [0.1, 0.15) is 5.69 Å². The zero-order valence-electron chi connectivity index (χ0n) is 6.31. The zero-order valence-corrected chi connectivity index (χ0v) is 7.95. The number of fused-ring (bicyclic) bond motifs is 1. The summed E-state index contributed by atoms with van der Waals surface area (Å²) in [6.07, 6.45) is 1.85. The molecule has 0 aliphatic heterocycles. The molecule has 1 N–H and O–H groups in total. The lowest BCUT2D eigenvalue weighted by molar-refractivity contribution is 0.567. The molecular formula is C7H6N2OS2. The van der Waals surface area contributed by atoms with Gasteiger partial charge in [-0.25, -0.2) is 4.98 Å². The Morgan fingerprint density at radius 3 is 3.17 bits per heavy atom. The van der Waals surface area contributed by atoms with Crippen LogP contribution < -0.4 is 0 Å². The van der Waals surface area contributed by atoms with E-state index < -0.39 is 0 Å². The molecule has 0 saturated heterocycles. The first-order valence-corrected chi connectivity index (χ1v) is 4.64. The summed E-state index contributed by atoms with van der Waals surface area (Å²) < 4.78 is 1.79. The van der Waals surface area contributed by atoms with E-state index in [1.165, 1.54) is 11.3 Å². The molecule has 5 heteroatoms. The van der Waals surface area contributed by atoms with Gasteiger partial charge >= 0.3 is 0 Å². The van der Waals surface area contributed by atoms with Gasteiger partial charge in [-0.3, -0.25) is 4.40 Å². The predicted molar refractivity (Wildman–Crippen MR) is 52.1 cm³/mol. The Kier molecular flexibility index (Phi) is 1.62. The van der Waals surface area contributed by atoms with E-state index in [9.17, 15) is 5.11 Å². The van der Waals surface area contributed by atoms with Crippen LogP contribution in [0, 0.1) is 6.92 Å². The molecule has 2 rings (SSSR count). The van der Waals surface area contributed by atoms with Gasteiger partial charge in [-0.1, -0.05) is 0 Å². The first-order chi connectivity index (χ1) is 5.70. The van der Waals surface area contributed by atoms with Gasteiger partial charge in [-0.05, 0) is 19.1 Å². The van der Waals surface area contributed by atoms with Crippen molar-refractivity contribution in [2.75, 3.05) is 0 Å². The fourth-order valence-electron chi connectivity index (χ4n) is 1.15. The molecular weight excluding hydrogens is 192 g/mol. The van der Waals surface area contributed by atoms with Crippen LogP contribution in [0.2, 0.25) is 0 Å². The predicted octanol–water partition coefficient (Wildman–Crippen LogP) is 1.94. The molecule has 2 aromatic rings. The van der Waals surface area contributed by atoms with Gasteiger partial charge in [0.05, 0.1) is 5.69 Å². The summed E-state index contributed by atoms with van der Waals surface area (Å²) >= 11 is 6.22. The van der Waals surface area contributed by atoms with Crippen LogP contribution >= 0.6 is 23.6 Å². The van der Waals surface area contributed by atoms with Crippen LogP contribution in [0.25, 0.3) is 4.96 Å². The third kappa shape index (κ3) is 0.937. The molecule has 0 spiro atoms. The number of thiazole rings is 1. The number of rotatable bonds is 1. The van der Waals surface area contributed by atoms with Gasteiger partial charge < -0.3 is 5.11 Å². The fraction of sp³-hybridized carbons (Fsp3) is 0.143. The summed E-state index contributed by atoms with van der Waals surface area (Å²) in [5.41, 5.74) is 1.40. The fourth-order valence-corrected chi connectivity index (χ4v) is 2.16. The molecule has 0 saturated carbocycles. The summed E-state index contributed by atoms with van der Waals surface area (Å²) in [7, 11) is 0. The van der Waals surface area contributed by atoms with E-state index >= 15 is 0 Å². The minimum absolute atomic E-state index is 0.0987. The maximum Gasteiger partial charge on any atom is 0.208 e. The van der Waals surface area contributed by atoms with Crippen LogP contribution in [0.5, 0.6) is 0 Å².